The molecule has 2 N–H and O–H groups in total. The van der Waals surface area contributed by atoms with Gasteiger partial charge in [0.2, 0.25) is 0 Å². The van der Waals surface area contributed by atoms with Crippen LogP contribution < -0.4 is 5.73 Å². The van der Waals surface area contributed by atoms with Crippen LogP contribution >= 0.6 is 15.9 Å². The highest BCUT2D eigenvalue weighted by Crippen LogP contribution is 2.22. The van der Waals surface area contributed by atoms with Gasteiger partial charge in [-0.2, -0.15) is 0 Å². The molecule has 4 heteroatoms. The fraction of sp³-hybridized carbons (Fsp3) is 0.214. The van der Waals surface area contributed by atoms with Gasteiger partial charge in [0, 0.05) is 22.3 Å². The number of rotatable bonds is 4. The fourth-order valence-electron chi connectivity index (χ4n) is 1.91. The van der Waals surface area contributed by atoms with Gasteiger partial charge >= 0.3 is 0 Å². The summed E-state index contributed by atoms with van der Waals surface area (Å²) in [7, 11) is 0. The van der Waals surface area contributed by atoms with Crippen LogP contribution in [0, 0.1) is 5.82 Å². The maximum Gasteiger partial charge on any atom is 0.126 e. The van der Waals surface area contributed by atoms with E-state index < -0.39 is 0 Å². The normalized spacial score (nSPS) is 12.4. The van der Waals surface area contributed by atoms with Gasteiger partial charge in [-0.3, -0.25) is 4.98 Å². The van der Waals surface area contributed by atoms with Crippen molar-refractivity contribution in [2.45, 2.75) is 12.3 Å². The second kappa shape index (κ2) is 6.07. The summed E-state index contributed by atoms with van der Waals surface area (Å²) in [5.41, 5.74) is 7.32. The monoisotopic (exact) mass is 308 g/mol. The van der Waals surface area contributed by atoms with Crippen LogP contribution in [0.4, 0.5) is 4.39 Å². The molecule has 0 radical (unpaired) electrons. The Morgan fingerprint density at radius 2 is 2.00 bits per heavy atom. The first-order valence-corrected chi connectivity index (χ1v) is 6.55. The molecule has 0 aliphatic rings. The average Bonchev–Trinajstić information content (AvgIpc) is 2.39. The number of hydrogen-bond acceptors (Lipinski definition) is 2. The lowest BCUT2D eigenvalue weighted by atomic mass is 9.93. The third-order valence-corrected chi connectivity index (χ3v) is 3.34. The standard InChI is InChI=1S/C14H14BrFN2/c15-11-5-6-12(18-9-11)7-10(8-17)13-3-1-2-4-14(13)16/h1-6,9-10H,7-8,17H2. The molecule has 1 unspecified atom stereocenters. The topological polar surface area (TPSA) is 38.9 Å². The molecule has 1 aromatic carbocycles. The molecule has 1 atom stereocenters. The van der Waals surface area contributed by atoms with Gasteiger partial charge in [-0.1, -0.05) is 18.2 Å². The summed E-state index contributed by atoms with van der Waals surface area (Å²) >= 11 is 3.34. The van der Waals surface area contributed by atoms with Gasteiger partial charge in [-0.15, -0.1) is 0 Å². The number of hydrogen-bond donors (Lipinski definition) is 1. The Morgan fingerprint density at radius 3 is 2.61 bits per heavy atom. The minimum atomic E-state index is -0.204. The quantitative estimate of drug-likeness (QED) is 0.941. The molecule has 18 heavy (non-hydrogen) atoms. The van der Waals surface area contributed by atoms with E-state index in [1.54, 1.807) is 18.3 Å². The fourth-order valence-corrected chi connectivity index (χ4v) is 2.14. The molecule has 0 saturated heterocycles. The maximum atomic E-state index is 13.7. The molecule has 2 nitrogen and oxygen atoms in total. The summed E-state index contributed by atoms with van der Waals surface area (Å²) in [6.45, 7) is 0.401. The molecule has 0 aliphatic carbocycles. The Labute approximate surface area is 114 Å². The predicted molar refractivity (Wildman–Crippen MR) is 73.8 cm³/mol. The first kappa shape index (κ1) is 13.2. The van der Waals surface area contributed by atoms with Crippen molar-refractivity contribution in [1.82, 2.24) is 4.98 Å². The third-order valence-electron chi connectivity index (χ3n) is 2.87. The molecule has 0 fully saturated rings. The van der Waals surface area contributed by atoms with E-state index >= 15 is 0 Å². The Kier molecular flexibility index (Phi) is 4.44. The van der Waals surface area contributed by atoms with Crippen molar-refractivity contribution in [2.24, 2.45) is 5.73 Å². The lowest BCUT2D eigenvalue weighted by molar-refractivity contribution is 0.573. The average molecular weight is 309 g/mol. The van der Waals surface area contributed by atoms with Gasteiger partial charge < -0.3 is 5.73 Å². The van der Waals surface area contributed by atoms with Crippen LogP contribution in [0.15, 0.2) is 47.1 Å². The van der Waals surface area contributed by atoms with Crippen molar-refractivity contribution in [1.29, 1.82) is 0 Å². The molecule has 2 rings (SSSR count). The van der Waals surface area contributed by atoms with Crippen molar-refractivity contribution < 1.29 is 4.39 Å². The number of benzene rings is 1. The third kappa shape index (κ3) is 3.15. The number of halogens is 2. The molecule has 1 aromatic heterocycles. The maximum absolute atomic E-state index is 13.7. The number of nitrogens with two attached hydrogens (primary N) is 1. The first-order valence-electron chi connectivity index (χ1n) is 5.75. The number of nitrogens with zero attached hydrogens (tertiary/aromatic N) is 1. The van der Waals surface area contributed by atoms with Crippen molar-refractivity contribution in [3.8, 4) is 0 Å². The molecule has 0 bridgehead atoms. The van der Waals surface area contributed by atoms with Gasteiger partial charge in [0.25, 0.3) is 0 Å². The van der Waals surface area contributed by atoms with E-state index in [1.165, 1.54) is 6.07 Å². The second-order valence-electron chi connectivity index (χ2n) is 4.13. The smallest absolute Gasteiger partial charge is 0.126 e. The molecule has 0 spiro atoms. The Balaban J connectivity index is 2.20. The second-order valence-corrected chi connectivity index (χ2v) is 5.04. The van der Waals surface area contributed by atoms with Gasteiger partial charge in [0.1, 0.15) is 5.82 Å². The lowest BCUT2D eigenvalue weighted by Gasteiger charge is -2.15. The van der Waals surface area contributed by atoms with Crippen molar-refractivity contribution in [2.75, 3.05) is 6.54 Å². The molecule has 2 aromatic rings. The van der Waals surface area contributed by atoms with Crippen molar-refractivity contribution in [3.63, 3.8) is 0 Å². The summed E-state index contributed by atoms with van der Waals surface area (Å²) in [4.78, 5) is 4.30. The van der Waals surface area contributed by atoms with E-state index in [0.717, 1.165) is 10.2 Å². The Hall–Kier alpha value is -1.26. The van der Waals surface area contributed by atoms with E-state index in [0.29, 0.717) is 18.5 Å². The van der Waals surface area contributed by atoms with Crippen LogP contribution in [0.2, 0.25) is 0 Å². The van der Waals surface area contributed by atoms with E-state index in [9.17, 15) is 4.39 Å². The zero-order chi connectivity index (χ0) is 13.0. The number of aromatic nitrogens is 1. The first-order chi connectivity index (χ1) is 8.70. The summed E-state index contributed by atoms with van der Waals surface area (Å²) in [5, 5.41) is 0. The molecule has 0 amide bonds. The highest BCUT2D eigenvalue weighted by Gasteiger charge is 2.15. The van der Waals surface area contributed by atoms with E-state index in [1.807, 2.05) is 18.2 Å². The highest BCUT2D eigenvalue weighted by atomic mass is 79.9. The van der Waals surface area contributed by atoms with Crippen LogP contribution in [0.25, 0.3) is 0 Å². The zero-order valence-electron chi connectivity index (χ0n) is 9.81. The van der Waals surface area contributed by atoms with E-state index in [-0.39, 0.29) is 11.7 Å². The van der Waals surface area contributed by atoms with Crippen LogP contribution in [-0.4, -0.2) is 11.5 Å². The van der Waals surface area contributed by atoms with Crippen LogP contribution in [0.3, 0.4) is 0 Å². The van der Waals surface area contributed by atoms with E-state index in [4.69, 9.17) is 5.73 Å². The van der Waals surface area contributed by atoms with Crippen LogP contribution in [-0.2, 0) is 6.42 Å². The molecule has 94 valence electrons. The van der Waals surface area contributed by atoms with Gasteiger partial charge in [-0.25, -0.2) is 4.39 Å². The molecule has 1 heterocycles. The molecular weight excluding hydrogens is 295 g/mol. The molecular formula is C14H14BrFN2. The summed E-state index contributed by atoms with van der Waals surface area (Å²) < 4.78 is 14.6. The number of pyridine rings is 1. The van der Waals surface area contributed by atoms with Gasteiger partial charge in [-0.05, 0) is 52.7 Å². The Morgan fingerprint density at radius 1 is 1.22 bits per heavy atom. The molecule has 0 aliphatic heterocycles. The SMILES string of the molecule is NCC(Cc1ccc(Br)cn1)c1ccccc1F. The van der Waals surface area contributed by atoms with Crippen LogP contribution in [0.1, 0.15) is 17.2 Å². The van der Waals surface area contributed by atoms with Gasteiger partial charge in [0.05, 0.1) is 0 Å². The van der Waals surface area contributed by atoms with Crippen molar-refractivity contribution >= 4 is 15.9 Å². The zero-order valence-corrected chi connectivity index (χ0v) is 11.4. The minimum absolute atomic E-state index is 0.0418. The van der Waals surface area contributed by atoms with Crippen LogP contribution in [0.5, 0.6) is 0 Å². The highest BCUT2D eigenvalue weighted by molar-refractivity contribution is 9.10. The predicted octanol–water partition coefficient (Wildman–Crippen LogP) is 3.27. The Bertz CT molecular complexity index is 513. The summed E-state index contributed by atoms with van der Waals surface area (Å²) in [6.07, 6.45) is 2.38. The summed E-state index contributed by atoms with van der Waals surface area (Å²) in [6, 6.07) is 10.6. The minimum Gasteiger partial charge on any atom is -0.330 e. The van der Waals surface area contributed by atoms with Crippen molar-refractivity contribution in [3.05, 3.63) is 64.1 Å². The molecule has 0 saturated carbocycles. The lowest BCUT2D eigenvalue weighted by Crippen LogP contribution is -2.16. The van der Waals surface area contributed by atoms with E-state index in [2.05, 4.69) is 20.9 Å². The largest absolute Gasteiger partial charge is 0.330 e. The summed E-state index contributed by atoms with van der Waals surface area (Å²) in [5.74, 6) is -0.245. The van der Waals surface area contributed by atoms with Gasteiger partial charge in [0.15, 0.2) is 0 Å².